The Morgan fingerprint density at radius 3 is 2.42 bits per heavy atom. The monoisotopic (exact) mass is 542 g/mol. The van der Waals surface area contributed by atoms with Crippen LogP contribution in [0.15, 0.2) is 79.0 Å². The second-order valence-corrected chi connectivity index (χ2v) is 9.50. The molecular formula is C28H21ClN5O3S. The number of halogens is 1. The van der Waals surface area contributed by atoms with Gasteiger partial charge in [-0.2, -0.15) is 0 Å². The third-order valence-corrected chi connectivity index (χ3v) is 6.60. The summed E-state index contributed by atoms with van der Waals surface area (Å²) >= 11 is 11.5. The van der Waals surface area contributed by atoms with Crippen molar-refractivity contribution in [1.29, 1.82) is 0 Å². The average Bonchev–Trinajstić information content (AvgIpc) is 3.17. The van der Waals surface area contributed by atoms with Gasteiger partial charge in [0.15, 0.2) is 5.11 Å². The van der Waals surface area contributed by atoms with Crippen molar-refractivity contribution in [3.63, 3.8) is 0 Å². The van der Waals surface area contributed by atoms with Crippen molar-refractivity contribution in [2.45, 2.75) is 12.5 Å². The van der Waals surface area contributed by atoms with Gasteiger partial charge in [-0.15, -0.1) is 0 Å². The van der Waals surface area contributed by atoms with E-state index < -0.39 is 11.9 Å². The van der Waals surface area contributed by atoms with Crippen LogP contribution in [0.5, 0.6) is 0 Å². The molecule has 1 aromatic heterocycles. The van der Waals surface area contributed by atoms with E-state index in [0.717, 1.165) is 10.9 Å². The number of amides is 3. The van der Waals surface area contributed by atoms with Gasteiger partial charge in [0.25, 0.3) is 17.7 Å². The van der Waals surface area contributed by atoms with E-state index in [1.54, 1.807) is 66.9 Å². The molecule has 1 radical (unpaired) electrons. The summed E-state index contributed by atoms with van der Waals surface area (Å²) in [5, 5.41) is 5.34. The number of hydrogen-bond donors (Lipinski definition) is 3. The fraction of sp³-hybridized carbons (Fsp3) is 0.107. The third kappa shape index (κ3) is 5.34. The van der Waals surface area contributed by atoms with Crippen molar-refractivity contribution in [3.05, 3.63) is 112 Å². The Bertz CT molecular complexity index is 1520. The molecule has 1 atom stereocenters. The standard InChI is InChI=1S/C28H21ClN5O3S/c29-19-11-9-17(10-12-19)15-20(16-34-26(36)22-7-3-4-8-23(22)27(34)37)31-28(38)33-32-25(35)24-21-6-2-1-5-18(21)13-14-30-24/h2-14,20H,15-16H2,(H,32,35)(H2,31,33,38). The molecule has 3 aromatic carbocycles. The number of nitrogens with one attached hydrogen (secondary N) is 3. The minimum absolute atomic E-state index is 0.0616. The summed E-state index contributed by atoms with van der Waals surface area (Å²) in [6.07, 6.45) is 1.98. The number of fused-ring (bicyclic) bond motifs is 2. The van der Waals surface area contributed by atoms with Crippen molar-refractivity contribution in [2.75, 3.05) is 6.54 Å². The zero-order valence-electron chi connectivity index (χ0n) is 19.9. The highest BCUT2D eigenvalue weighted by Crippen LogP contribution is 2.23. The number of carbonyl (C=O) groups is 3. The molecule has 189 valence electrons. The molecule has 38 heavy (non-hydrogen) atoms. The van der Waals surface area contributed by atoms with E-state index in [4.69, 9.17) is 23.8 Å². The maximum absolute atomic E-state index is 12.9. The molecule has 0 saturated carbocycles. The summed E-state index contributed by atoms with van der Waals surface area (Å²) in [5.41, 5.74) is 7.16. The Labute approximate surface area is 229 Å². The fourth-order valence-electron chi connectivity index (χ4n) is 4.33. The number of pyridine rings is 1. The highest BCUT2D eigenvalue weighted by atomic mass is 35.5. The first-order chi connectivity index (χ1) is 18.4. The zero-order chi connectivity index (χ0) is 26.6. The Kier molecular flexibility index (Phi) is 7.30. The van der Waals surface area contributed by atoms with Crippen LogP contribution in [0.3, 0.4) is 0 Å². The lowest BCUT2D eigenvalue weighted by atomic mass is 10.1. The number of nitrogens with zero attached hydrogens (tertiary/aromatic N) is 2. The van der Waals surface area contributed by atoms with Gasteiger partial charge in [-0.1, -0.05) is 48.0 Å². The lowest BCUT2D eigenvalue weighted by molar-refractivity contribution is 0.0641. The predicted molar refractivity (Wildman–Crippen MR) is 148 cm³/mol. The summed E-state index contributed by atoms with van der Waals surface area (Å²) in [6, 6.07) is 23.5. The van der Waals surface area contributed by atoms with Crippen molar-refractivity contribution in [3.8, 4) is 0 Å². The van der Waals surface area contributed by atoms with Gasteiger partial charge < -0.3 is 5.32 Å². The number of hydrogen-bond acceptors (Lipinski definition) is 5. The SMILES string of the molecule is O=C(NNC(=S)NC(Cc1ccc(Cl)cc1)CN1C(=O)c2ccccc2C1=O)c1nccc2c[c]ccc12. The minimum Gasteiger partial charge on any atom is -0.356 e. The van der Waals surface area contributed by atoms with Gasteiger partial charge in [-0.05, 0) is 72.1 Å². The molecule has 0 fully saturated rings. The molecule has 10 heteroatoms. The summed E-state index contributed by atoms with van der Waals surface area (Å²) < 4.78 is 0. The smallest absolute Gasteiger partial charge is 0.288 e. The summed E-state index contributed by atoms with van der Waals surface area (Å²) in [7, 11) is 0. The maximum atomic E-state index is 12.9. The van der Waals surface area contributed by atoms with Gasteiger partial charge in [-0.3, -0.25) is 35.1 Å². The second-order valence-electron chi connectivity index (χ2n) is 8.65. The van der Waals surface area contributed by atoms with E-state index in [1.807, 2.05) is 12.1 Å². The van der Waals surface area contributed by atoms with Gasteiger partial charge >= 0.3 is 0 Å². The zero-order valence-corrected chi connectivity index (χ0v) is 21.5. The highest BCUT2D eigenvalue weighted by molar-refractivity contribution is 7.80. The topological polar surface area (TPSA) is 103 Å². The maximum Gasteiger partial charge on any atom is 0.288 e. The highest BCUT2D eigenvalue weighted by Gasteiger charge is 2.36. The molecule has 3 N–H and O–H groups in total. The number of carbonyl (C=O) groups excluding carboxylic acids is 3. The van der Waals surface area contributed by atoms with Crippen LogP contribution in [0.25, 0.3) is 10.8 Å². The van der Waals surface area contributed by atoms with E-state index in [-0.39, 0.29) is 29.2 Å². The van der Waals surface area contributed by atoms with Crippen LogP contribution in [0, 0.1) is 6.07 Å². The number of hydrazine groups is 1. The molecule has 0 bridgehead atoms. The van der Waals surface area contributed by atoms with E-state index >= 15 is 0 Å². The Balaban J connectivity index is 1.29. The quantitative estimate of drug-likeness (QED) is 0.194. The third-order valence-electron chi connectivity index (χ3n) is 6.13. The van der Waals surface area contributed by atoms with Crippen LogP contribution < -0.4 is 16.2 Å². The van der Waals surface area contributed by atoms with Crippen LogP contribution in [-0.2, 0) is 6.42 Å². The molecule has 1 aliphatic heterocycles. The molecule has 1 unspecified atom stereocenters. The van der Waals surface area contributed by atoms with Crippen LogP contribution in [-0.4, -0.2) is 45.3 Å². The summed E-state index contributed by atoms with van der Waals surface area (Å²) in [4.78, 5) is 44.1. The molecule has 2 heterocycles. The van der Waals surface area contributed by atoms with Gasteiger partial charge in [0.1, 0.15) is 5.69 Å². The van der Waals surface area contributed by atoms with E-state index in [2.05, 4.69) is 27.2 Å². The first kappa shape index (κ1) is 25.3. The van der Waals surface area contributed by atoms with Crippen LogP contribution in [0.1, 0.15) is 36.8 Å². The van der Waals surface area contributed by atoms with Crippen LogP contribution >= 0.6 is 23.8 Å². The van der Waals surface area contributed by atoms with E-state index in [1.165, 1.54) is 4.90 Å². The Morgan fingerprint density at radius 1 is 1.00 bits per heavy atom. The first-order valence-electron chi connectivity index (χ1n) is 11.7. The fourth-order valence-corrected chi connectivity index (χ4v) is 4.67. The molecule has 8 nitrogen and oxygen atoms in total. The number of aromatic nitrogens is 1. The summed E-state index contributed by atoms with van der Waals surface area (Å²) in [6.45, 7) is 0.0616. The molecule has 0 aliphatic carbocycles. The lowest BCUT2D eigenvalue weighted by Gasteiger charge is -2.25. The van der Waals surface area contributed by atoms with Crippen molar-refractivity contribution in [1.82, 2.24) is 26.1 Å². The number of thiocarbonyl (C=S) groups is 1. The molecule has 1 aliphatic rings. The number of rotatable bonds is 6. The predicted octanol–water partition coefficient (Wildman–Crippen LogP) is 3.70. The van der Waals surface area contributed by atoms with Crippen molar-refractivity contribution in [2.24, 2.45) is 0 Å². The Hall–Kier alpha value is -4.34. The van der Waals surface area contributed by atoms with Crippen molar-refractivity contribution < 1.29 is 14.4 Å². The largest absolute Gasteiger partial charge is 0.356 e. The van der Waals surface area contributed by atoms with Crippen LogP contribution in [0.2, 0.25) is 5.02 Å². The van der Waals surface area contributed by atoms with Gasteiger partial charge in [0.2, 0.25) is 0 Å². The number of imide groups is 1. The molecule has 3 amide bonds. The molecule has 0 saturated heterocycles. The van der Waals surface area contributed by atoms with Gasteiger partial charge in [0.05, 0.1) is 17.2 Å². The normalized spacial score (nSPS) is 13.2. The molecular weight excluding hydrogens is 522 g/mol. The summed E-state index contributed by atoms with van der Waals surface area (Å²) in [5.74, 6) is -1.19. The number of benzene rings is 3. The molecule has 0 spiro atoms. The van der Waals surface area contributed by atoms with Gasteiger partial charge in [0, 0.05) is 23.2 Å². The second kappa shape index (κ2) is 11.0. The lowest BCUT2D eigenvalue weighted by Crippen LogP contribution is -2.53. The van der Waals surface area contributed by atoms with Gasteiger partial charge in [-0.25, -0.2) is 0 Å². The Morgan fingerprint density at radius 2 is 1.71 bits per heavy atom. The van der Waals surface area contributed by atoms with E-state index in [0.29, 0.717) is 28.0 Å². The van der Waals surface area contributed by atoms with Crippen LogP contribution in [0.4, 0.5) is 0 Å². The van der Waals surface area contributed by atoms with Crippen molar-refractivity contribution >= 4 is 57.4 Å². The average molecular weight is 543 g/mol. The van der Waals surface area contributed by atoms with E-state index in [9.17, 15) is 14.4 Å². The minimum atomic E-state index is -0.472. The molecule has 4 aromatic rings. The first-order valence-corrected chi connectivity index (χ1v) is 12.5. The molecule has 5 rings (SSSR count).